The standard InChI is InChI=1S/C14H26N2O3/c1-9(2)12-5-7-16(8-6-12)14(19)15-11(4)10(3)13(17)18/h9-12H,5-8H2,1-4H3,(H,15,19)(H,17,18). The van der Waals surface area contributed by atoms with Crippen molar-refractivity contribution in [3.8, 4) is 0 Å². The number of aliphatic carboxylic acids is 1. The number of likely N-dealkylation sites (tertiary alicyclic amines) is 1. The summed E-state index contributed by atoms with van der Waals surface area (Å²) in [4.78, 5) is 24.7. The maximum Gasteiger partial charge on any atom is 0.317 e. The highest BCUT2D eigenvalue weighted by atomic mass is 16.4. The topological polar surface area (TPSA) is 69.6 Å². The Hall–Kier alpha value is -1.26. The first-order valence-electron chi connectivity index (χ1n) is 7.11. The second kappa shape index (κ2) is 6.78. The summed E-state index contributed by atoms with van der Waals surface area (Å²) in [5.74, 6) is -0.0981. The number of piperidine rings is 1. The van der Waals surface area contributed by atoms with E-state index in [1.165, 1.54) is 0 Å². The van der Waals surface area contributed by atoms with Crippen molar-refractivity contribution in [1.82, 2.24) is 10.2 Å². The monoisotopic (exact) mass is 270 g/mol. The van der Waals surface area contributed by atoms with Crippen LogP contribution in [0.1, 0.15) is 40.5 Å². The van der Waals surface area contributed by atoms with Crippen molar-refractivity contribution in [1.29, 1.82) is 0 Å². The van der Waals surface area contributed by atoms with Crippen LogP contribution in [0, 0.1) is 17.8 Å². The van der Waals surface area contributed by atoms with Crippen LogP contribution in [0.5, 0.6) is 0 Å². The van der Waals surface area contributed by atoms with Gasteiger partial charge >= 0.3 is 12.0 Å². The molecule has 2 atom stereocenters. The van der Waals surface area contributed by atoms with E-state index in [-0.39, 0.29) is 12.1 Å². The molecule has 1 aliphatic rings. The van der Waals surface area contributed by atoms with Gasteiger partial charge in [0.1, 0.15) is 0 Å². The molecule has 1 saturated heterocycles. The van der Waals surface area contributed by atoms with E-state index in [2.05, 4.69) is 19.2 Å². The summed E-state index contributed by atoms with van der Waals surface area (Å²) < 4.78 is 0. The third-order valence-electron chi connectivity index (χ3n) is 4.26. The molecule has 0 aromatic heterocycles. The minimum Gasteiger partial charge on any atom is -0.481 e. The number of carboxylic acid groups (broad SMARTS) is 1. The second-order valence-electron chi connectivity index (χ2n) is 5.93. The first-order chi connectivity index (χ1) is 8.82. The molecule has 1 heterocycles. The summed E-state index contributed by atoms with van der Waals surface area (Å²) in [6.45, 7) is 9.32. The van der Waals surface area contributed by atoms with E-state index in [9.17, 15) is 9.59 Å². The Morgan fingerprint density at radius 3 is 2.11 bits per heavy atom. The lowest BCUT2D eigenvalue weighted by molar-refractivity contribution is -0.141. The molecule has 2 unspecified atom stereocenters. The zero-order valence-electron chi connectivity index (χ0n) is 12.3. The van der Waals surface area contributed by atoms with Gasteiger partial charge in [0.05, 0.1) is 5.92 Å². The molecule has 5 nitrogen and oxygen atoms in total. The van der Waals surface area contributed by atoms with Crippen LogP contribution in [0.15, 0.2) is 0 Å². The van der Waals surface area contributed by atoms with Crippen LogP contribution < -0.4 is 5.32 Å². The van der Waals surface area contributed by atoms with Gasteiger partial charge in [-0.05, 0) is 38.5 Å². The molecule has 19 heavy (non-hydrogen) atoms. The molecular weight excluding hydrogens is 244 g/mol. The normalized spacial score (nSPS) is 20.2. The Morgan fingerprint density at radius 2 is 1.68 bits per heavy atom. The number of nitrogens with one attached hydrogen (secondary N) is 1. The van der Waals surface area contributed by atoms with Crippen LogP contribution in [0.3, 0.4) is 0 Å². The molecule has 0 aliphatic carbocycles. The van der Waals surface area contributed by atoms with Gasteiger partial charge in [-0.1, -0.05) is 13.8 Å². The SMILES string of the molecule is CC(C)C1CCN(C(=O)NC(C)C(C)C(=O)O)CC1. The molecule has 0 aromatic carbocycles. The van der Waals surface area contributed by atoms with E-state index in [0.717, 1.165) is 25.9 Å². The van der Waals surface area contributed by atoms with Crippen molar-refractivity contribution in [3.63, 3.8) is 0 Å². The van der Waals surface area contributed by atoms with Gasteiger partial charge in [0.25, 0.3) is 0 Å². The number of carboxylic acids is 1. The van der Waals surface area contributed by atoms with Gasteiger partial charge in [0.15, 0.2) is 0 Å². The van der Waals surface area contributed by atoms with Crippen molar-refractivity contribution < 1.29 is 14.7 Å². The predicted molar refractivity (Wildman–Crippen MR) is 73.9 cm³/mol. The van der Waals surface area contributed by atoms with Crippen LogP contribution in [0.4, 0.5) is 4.79 Å². The van der Waals surface area contributed by atoms with E-state index in [4.69, 9.17) is 5.11 Å². The fraction of sp³-hybridized carbons (Fsp3) is 0.857. The zero-order valence-corrected chi connectivity index (χ0v) is 12.3. The largest absolute Gasteiger partial charge is 0.481 e. The number of rotatable bonds is 4. The highest BCUT2D eigenvalue weighted by molar-refractivity contribution is 5.76. The van der Waals surface area contributed by atoms with Crippen molar-refractivity contribution >= 4 is 12.0 Å². The average Bonchev–Trinajstić information content (AvgIpc) is 2.37. The zero-order chi connectivity index (χ0) is 14.6. The highest BCUT2D eigenvalue weighted by Crippen LogP contribution is 2.24. The number of carbonyl (C=O) groups is 2. The number of hydrogen-bond acceptors (Lipinski definition) is 2. The van der Waals surface area contributed by atoms with Crippen LogP contribution in [-0.2, 0) is 4.79 Å². The number of amides is 2. The molecule has 2 N–H and O–H groups in total. The van der Waals surface area contributed by atoms with Crippen molar-refractivity contribution in [2.75, 3.05) is 13.1 Å². The highest BCUT2D eigenvalue weighted by Gasteiger charge is 2.27. The minimum atomic E-state index is -0.883. The Morgan fingerprint density at radius 1 is 1.16 bits per heavy atom. The van der Waals surface area contributed by atoms with Crippen molar-refractivity contribution in [2.24, 2.45) is 17.8 Å². The van der Waals surface area contributed by atoms with E-state index in [1.807, 2.05) is 0 Å². The number of nitrogens with zero attached hydrogens (tertiary/aromatic N) is 1. The van der Waals surface area contributed by atoms with Gasteiger partial charge in [0, 0.05) is 19.1 Å². The summed E-state index contributed by atoms with van der Waals surface area (Å²) in [6.07, 6.45) is 2.07. The van der Waals surface area contributed by atoms with Gasteiger partial charge in [0.2, 0.25) is 0 Å². The van der Waals surface area contributed by atoms with E-state index in [1.54, 1.807) is 18.7 Å². The van der Waals surface area contributed by atoms with Crippen molar-refractivity contribution in [3.05, 3.63) is 0 Å². The second-order valence-corrected chi connectivity index (χ2v) is 5.93. The Bertz CT molecular complexity index is 323. The molecule has 1 aliphatic heterocycles. The number of carbonyl (C=O) groups excluding carboxylic acids is 1. The van der Waals surface area contributed by atoms with E-state index < -0.39 is 11.9 Å². The van der Waals surface area contributed by atoms with E-state index >= 15 is 0 Å². The molecule has 110 valence electrons. The third kappa shape index (κ3) is 4.40. The van der Waals surface area contributed by atoms with Gasteiger partial charge in [-0.15, -0.1) is 0 Å². The molecule has 0 radical (unpaired) electrons. The summed E-state index contributed by atoms with van der Waals surface area (Å²) >= 11 is 0. The first kappa shape index (κ1) is 15.8. The van der Waals surface area contributed by atoms with Gasteiger partial charge in [-0.3, -0.25) is 4.79 Å². The number of hydrogen-bond donors (Lipinski definition) is 2. The maximum absolute atomic E-state index is 12.0. The summed E-state index contributed by atoms with van der Waals surface area (Å²) in [6, 6.07) is -0.490. The van der Waals surface area contributed by atoms with Gasteiger partial charge in [-0.25, -0.2) is 4.79 Å². The summed E-state index contributed by atoms with van der Waals surface area (Å²) in [7, 11) is 0. The molecule has 0 saturated carbocycles. The third-order valence-corrected chi connectivity index (χ3v) is 4.26. The molecule has 5 heteroatoms. The van der Waals surface area contributed by atoms with E-state index in [0.29, 0.717) is 11.8 Å². The molecular formula is C14H26N2O3. The minimum absolute atomic E-state index is 0.136. The van der Waals surface area contributed by atoms with Gasteiger partial charge < -0.3 is 15.3 Å². The molecule has 2 amide bonds. The summed E-state index contributed by atoms with van der Waals surface area (Å²) in [5, 5.41) is 11.7. The van der Waals surface area contributed by atoms with Crippen LogP contribution in [-0.4, -0.2) is 41.1 Å². The quantitative estimate of drug-likeness (QED) is 0.822. The van der Waals surface area contributed by atoms with Gasteiger partial charge in [-0.2, -0.15) is 0 Å². The maximum atomic E-state index is 12.0. The lowest BCUT2D eigenvalue weighted by Crippen LogP contribution is -2.49. The fourth-order valence-electron chi connectivity index (χ4n) is 2.39. The van der Waals surface area contributed by atoms with Crippen LogP contribution in [0.2, 0.25) is 0 Å². The predicted octanol–water partition coefficient (Wildman–Crippen LogP) is 2.17. The van der Waals surface area contributed by atoms with Crippen LogP contribution in [0.25, 0.3) is 0 Å². The Labute approximate surface area is 115 Å². The average molecular weight is 270 g/mol. The lowest BCUT2D eigenvalue weighted by atomic mass is 9.87. The lowest BCUT2D eigenvalue weighted by Gasteiger charge is -2.34. The van der Waals surface area contributed by atoms with Crippen LogP contribution >= 0.6 is 0 Å². The summed E-state index contributed by atoms with van der Waals surface area (Å²) in [5.41, 5.74) is 0. The first-order valence-corrected chi connectivity index (χ1v) is 7.11. The molecule has 0 spiro atoms. The molecule has 0 bridgehead atoms. The smallest absolute Gasteiger partial charge is 0.317 e. The molecule has 1 rings (SSSR count). The Kier molecular flexibility index (Phi) is 5.63. The molecule has 0 aromatic rings. The molecule has 1 fully saturated rings. The number of urea groups is 1. The Balaban J connectivity index is 2.41. The fourth-order valence-corrected chi connectivity index (χ4v) is 2.39. The van der Waals surface area contributed by atoms with Crippen molar-refractivity contribution in [2.45, 2.75) is 46.6 Å².